The van der Waals surface area contributed by atoms with E-state index in [2.05, 4.69) is 5.32 Å². The Morgan fingerprint density at radius 3 is 2.36 bits per heavy atom. The van der Waals surface area contributed by atoms with Crippen LogP contribution in [0.5, 0.6) is 0 Å². The summed E-state index contributed by atoms with van der Waals surface area (Å²) in [5.74, 6) is -3.11. The number of amides is 4. The molecule has 1 aliphatic heterocycles. The van der Waals surface area contributed by atoms with Crippen LogP contribution in [-0.2, 0) is 28.8 Å². The number of carbonyl (C=O) groups is 5. The van der Waals surface area contributed by atoms with Crippen LogP contribution < -0.4 is 11.1 Å². The molecule has 0 aromatic carbocycles. The van der Waals surface area contributed by atoms with Gasteiger partial charge in [0.15, 0.2) is 0 Å². The minimum Gasteiger partial charge on any atom is -0.369 e. The molecule has 9 nitrogen and oxygen atoms in total. The van der Waals surface area contributed by atoms with Crippen LogP contribution in [0.15, 0.2) is 0 Å². The van der Waals surface area contributed by atoms with Crippen molar-refractivity contribution >= 4 is 29.6 Å². The molecule has 1 rings (SSSR count). The van der Waals surface area contributed by atoms with E-state index in [1.54, 1.807) is 6.92 Å². The van der Waals surface area contributed by atoms with E-state index >= 15 is 0 Å². The highest BCUT2D eigenvalue weighted by Crippen LogP contribution is 2.16. The number of nitrogens with two attached hydrogens (primary N) is 1. The van der Waals surface area contributed by atoms with Crippen molar-refractivity contribution in [2.75, 3.05) is 6.54 Å². The van der Waals surface area contributed by atoms with Gasteiger partial charge in [-0.05, 0) is 19.3 Å². The third-order valence-corrected chi connectivity index (χ3v) is 4.04. The summed E-state index contributed by atoms with van der Waals surface area (Å²) in [6, 6.07) is 0. The van der Waals surface area contributed by atoms with Gasteiger partial charge < -0.3 is 15.9 Å². The fraction of sp³-hybridized carbons (Fsp3) is 0.688. The van der Waals surface area contributed by atoms with E-state index in [1.165, 1.54) is 0 Å². The van der Waals surface area contributed by atoms with Gasteiger partial charge in [0, 0.05) is 37.6 Å². The van der Waals surface area contributed by atoms with Gasteiger partial charge in [-0.2, -0.15) is 0 Å². The van der Waals surface area contributed by atoms with E-state index in [-0.39, 0.29) is 43.6 Å². The third-order valence-electron chi connectivity index (χ3n) is 4.04. The molecule has 0 aromatic heterocycles. The molecule has 140 valence electrons. The van der Waals surface area contributed by atoms with Gasteiger partial charge in [-0.1, -0.05) is 13.8 Å². The number of carbonyl (C=O) groups excluding carboxylic acids is 5. The summed E-state index contributed by atoms with van der Waals surface area (Å²) >= 11 is 0. The molecule has 0 aromatic rings. The van der Waals surface area contributed by atoms with Gasteiger partial charge in [0.1, 0.15) is 0 Å². The summed E-state index contributed by atoms with van der Waals surface area (Å²) < 4.78 is 0. The molecular formula is C16H25N3O6. The van der Waals surface area contributed by atoms with Gasteiger partial charge in [0.05, 0.1) is 0 Å². The predicted molar refractivity (Wildman–Crippen MR) is 86.2 cm³/mol. The predicted octanol–water partition coefficient (Wildman–Crippen LogP) is 0.0277. The zero-order valence-corrected chi connectivity index (χ0v) is 14.6. The summed E-state index contributed by atoms with van der Waals surface area (Å²) in [5.41, 5.74) is 5.21. The van der Waals surface area contributed by atoms with Gasteiger partial charge in [0.2, 0.25) is 11.8 Å². The zero-order valence-electron chi connectivity index (χ0n) is 14.6. The van der Waals surface area contributed by atoms with Crippen molar-refractivity contribution in [3.63, 3.8) is 0 Å². The Labute approximate surface area is 146 Å². The van der Waals surface area contributed by atoms with Crippen molar-refractivity contribution < 1.29 is 28.8 Å². The first kappa shape index (κ1) is 20.6. The van der Waals surface area contributed by atoms with Crippen LogP contribution in [0.4, 0.5) is 0 Å². The average molecular weight is 355 g/mol. The van der Waals surface area contributed by atoms with Gasteiger partial charge >= 0.3 is 5.97 Å². The largest absolute Gasteiger partial charge is 0.369 e. The molecular weight excluding hydrogens is 330 g/mol. The molecule has 1 heterocycles. The number of hydrogen-bond acceptors (Lipinski definition) is 6. The summed E-state index contributed by atoms with van der Waals surface area (Å²) in [6.07, 6.45) is 1.31. The Morgan fingerprint density at radius 1 is 1.24 bits per heavy atom. The molecule has 2 unspecified atom stereocenters. The average Bonchev–Trinajstić information content (AvgIpc) is 2.87. The molecule has 1 fully saturated rings. The fourth-order valence-corrected chi connectivity index (χ4v) is 2.40. The van der Waals surface area contributed by atoms with Crippen LogP contribution >= 0.6 is 0 Å². The number of rotatable bonds is 10. The van der Waals surface area contributed by atoms with Crippen molar-refractivity contribution in [3.8, 4) is 0 Å². The first-order valence-corrected chi connectivity index (χ1v) is 8.39. The van der Waals surface area contributed by atoms with Crippen molar-refractivity contribution in [1.82, 2.24) is 10.4 Å². The zero-order chi connectivity index (χ0) is 19.0. The first-order valence-electron chi connectivity index (χ1n) is 8.39. The maximum atomic E-state index is 12.1. The molecule has 0 spiro atoms. The summed E-state index contributed by atoms with van der Waals surface area (Å²) in [5, 5.41) is 3.20. The minimum absolute atomic E-state index is 0.0359. The molecule has 3 N–H and O–H groups in total. The quantitative estimate of drug-likeness (QED) is 0.419. The Morgan fingerprint density at radius 2 is 1.84 bits per heavy atom. The second-order valence-electron chi connectivity index (χ2n) is 6.08. The van der Waals surface area contributed by atoms with Crippen molar-refractivity contribution in [3.05, 3.63) is 0 Å². The van der Waals surface area contributed by atoms with E-state index in [1.807, 2.05) is 6.92 Å². The maximum Gasteiger partial charge on any atom is 0.333 e. The van der Waals surface area contributed by atoms with Crippen LogP contribution in [0, 0.1) is 11.8 Å². The number of nitrogens with one attached hydrogen (secondary N) is 1. The Kier molecular flexibility index (Phi) is 8.03. The van der Waals surface area contributed by atoms with Crippen molar-refractivity contribution in [2.24, 2.45) is 17.6 Å². The number of nitrogens with zero attached hydrogens (tertiary/aromatic N) is 1. The molecule has 4 amide bonds. The minimum atomic E-state index is -0.702. The monoisotopic (exact) mass is 355 g/mol. The van der Waals surface area contributed by atoms with Crippen molar-refractivity contribution in [1.29, 1.82) is 0 Å². The van der Waals surface area contributed by atoms with E-state index in [0.29, 0.717) is 24.3 Å². The van der Waals surface area contributed by atoms with E-state index < -0.39 is 23.7 Å². The molecule has 2 atom stereocenters. The molecule has 25 heavy (non-hydrogen) atoms. The first-order chi connectivity index (χ1) is 11.8. The van der Waals surface area contributed by atoms with Crippen molar-refractivity contribution in [2.45, 2.75) is 52.4 Å². The standard InChI is InChI=1S/C16H25N3O6/c1-3-11(9-10(2)15(17)23)16(24)18-8-4-5-14(22)25-19-12(20)6-7-13(19)21/h10-11H,3-9H2,1-2H3,(H2,17,23)(H,18,24). The number of primary amides is 1. The van der Waals surface area contributed by atoms with Crippen LogP contribution in [0.25, 0.3) is 0 Å². The Balaban J connectivity index is 2.28. The lowest BCUT2D eigenvalue weighted by atomic mass is 9.92. The second kappa shape index (κ2) is 9.75. The number of imide groups is 1. The highest BCUT2D eigenvalue weighted by molar-refractivity contribution is 6.01. The van der Waals surface area contributed by atoms with Gasteiger partial charge in [-0.15, -0.1) is 5.06 Å². The normalized spacial score (nSPS) is 16.5. The molecule has 9 heteroatoms. The summed E-state index contributed by atoms with van der Waals surface area (Å²) in [6.45, 7) is 3.77. The smallest absolute Gasteiger partial charge is 0.333 e. The molecule has 0 radical (unpaired) electrons. The van der Waals surface area contributed by atoms with E-state index in [0.717, 1.165) is 0 Å². The van der Waals surface area contributed by atoms with Crippen LogP contribution in [0.3, 0.4) is 0 Å². The Bertz CT molecular complexity index is 532. The highest BCUT2D eigenvalue weighted by Gasteiger charge is 2.32. The fourth-order valence-electron chi connectivity index (χ4n) is 2.40. The molecule has 0 saturated carbocycles. The summed E-state index contributed by atoms with van der Waals surface area (Å²) in [7, 11) is 0. The van der Waals surface area contributed by atoms with Gasteiger partial charge in [-0.3, -0.25) is 19.2 Å². The van der Waals surface area contributed by atoms with Crippen LogP contribution in [-0.4, -0.2) is 41.2 Å². The number of hydroxylamine groups is 2. The van der Waals surface area contributed by atoms with E-state index in [9.17, 15) is 24.0 Å². The lowest BCUT2D eigenvalue weighted by Gasteiger charge is -2.17. The number of hydrogen-bond donors (Lipinski definition) is 2. The highest BCUT2D eigenvalue weighted by atomic mass is 16.7. The third kappa shape index (κ3) is 6.52. The van der Waals surface area contributed by atoms with Gasteiger partial charge in [-0.25, -0.2) is 4.79 Å². The van der Waals surface area contributed by atoms with E-state index in [4.69, 9.17) is 10.6 Å². The van der Waals surface area contributed by atoms with Crippen LogP contribution in [0.2, 0.25) is 0 Å². The molecule has 0 bridgehead atoms. The SMILES string of the molecule is CCC(CC(C)C(N)=O)C(=O)NCCCC(=O)ON1C(=O)CCC1=O. The second-order valence-corrected chi connectivity index (χ2v) is 6.08. The topological polar surface area (TPSA) is 136 Å². The summed E-state index contributed by atoms with van der Waals surface area (Å²) in [4.78, 5) is 62.1. The molecule has 1 saturated heterocycles. The van der Waals surface area contributed by atoms with Crippen LogP contribution in [0.1, 0.15) is 52.4 Å². The lowest BCUT2D eigenvalue weighted by molar-refractivity contribution is -0.197. The van der Waals surface area contributed by atoms with Gasteiger partial charge in [0.25, 0.3) is 11.8 Å². The molecule has 1 aliphatic rings. The Hall–Kier alpha value is -2.45. The lowest BCUT2D eigenvalue weighted by Crippen LogP contribution is -2.35. The molecule has 0 aliphatic carbocycles. The maximum absolute atomic E-state index is 12.1.